The molecular formula is C27H32N4O6. The zero-order chi connectivity index (χ0) is 26.8. The molecule has 3 rings (SSSR count). The number of aryl methyl sites for hydroxylation is 1. The summed E-state index contributed by atoms with van der Waals surface area (Å²) in [4.78, 5) is 41.0. The summed E-state index contributed by atoms with van der Waals surface area (Å²) in [6, 6.07) is 16.5. The Morgan fingerprint density at radius 3 is 2.24 bits per heavy atom. The van der Waals surface area contributed by atoms with Gasteiger partial charge in [0.25, 0.3) is 5.91 Å². The normalized spacial score (nSPS) is 13.4. The monoisotopic (exact) mass is 508 g/mol. The molecular weight excluding hydrogens is 476 g/mol. The lowest BCUT2D eigenvalue weighted by atomic mass is 9.99. The van der Waals surface area contributed by atoms with E-state index in [0.29, 0.717) is 18.5 Å². The first-order chi connectivity index (χ1) is 17.7. The third kappa shape index (κ3) is 8.46. The average Bonchev–Trinajstić information content (AvgIpc) is 3.37. The number of hydrogen-bond donors (Lipinski definition) is 5. The molecule has 0 saturated heterocycles. The van der Waals surface area contributed by atoms with Gasteiger partial charge in [-0.2, -0.15) is 0 Å². The van der Waals surface area contributed by atoms with Crippen molar-refractivity contribution in [1.29, 1.82) is 0 Å². The maximum atomic E-state index is 13.0. The van der Waals surface area contributed by atoms with Crippen LogP contribution in [0.4, 0.5) is 10.5 Å². The van der Waals surface area contributed by atoms with E-state index < -0.39 is 36.1 Å². The van der Waals surface area contributed by atoms with Gasteiger partial charge in [0.15, 0.2) is 11.8 Å². The number of carboxylic acid groups (broad SMARTS) is 1. The van der Waals surface area contributed by atoms with Crippen LogP contribution in [0.25, 0.3) is 0 Å². The molecule has 0 saturated carbocycles. The second-order valence-electron chi connectivity index (χ2n) is 9.11. The van der Waals surface area contributed by atoms with Gasteiger partial charge in [-0.15, -0.1) is 0 Å². The van der Waals surface area contributed by atoms with Gasteiger partial charge < -0.3 is 30.6 Å². The maximum Gasteiger partial charge on any atom is 0.405 e. The van der Waals surface area contributed by atoms with Crippen molar-refractivity contribution in [2.45, 2.75) is 51.3 Å². The lowest BCUT2D eigenvalue weighted by molar-refractivity contribution is -0.125. The number of nitrogens with zero attached hydrogens (tertiary/aromatic N) is 1. The fraction of sp³-hybridized carbons (Fsp3) is 0.333. The topological polar surface area (TPSA) is 154 Å². The van der Waals surface area contributed by atoms with E-state index in [1.165, 1.54) is 0 Å². The molecule has 3 aromatic rings. The first kappa shape index (κ1) is 27.4. The standard InChI is InChI=1S/C27H32N4O6/c1-17(2)15-21(31-27(35)36)24(33)29-20(14-13-18-9-5-3-6-10-18)23(32)26-30-22(16-37-26)25(34)28-19-11-7-4-8-12-19/h3-12,16-17,20-21,23,31-32H,13-15H2,1-2H3,(H,28,34)(H,29,33)(H,35,36). The number of aliphatic hydroxyl groups is 1. The highest BCUT2D eigenvalue weighted by molar-refractivity contribution is 6.02. The highest BCUT2D eigenvalue weighted by Crippen LogP contribution is 2.22. The van der Waals surface area contributed by atoms with Gasteiger partial charge in [0.1, 0.15) is 12.3 Å². The molecule has 3 unspecified atom stereocenters. The van der Waals surface area contributed by atoms with Crippen LogP contribution in [0.5, 0.6) is 0 Å². The summed E-state index contributed by atoms with van der Waals surface area (Å²) in [6.07, 6.45) is -0.444. The molecule has 0 radical (unpaired) electrons. The van der Waals surface area contributed by atoms with Gasteiger partial charge in [0.2, 0.25) is 11.8 Å². The van der Waals surface area contributed by atoms with Crippen LogP contribution in [0, 0.1) is 5.92 Å². The minimum Gasteiger partial charge on any atom is -0.465 e. The number of para-hydroxylation sites is 1. The molecule has 5 N–H and O–H groups in total. The molecule has 37 heavy (non-hydrogen) atoms. The average molecular weight is 509 g/mol. The summed E-state index contributed by atoms with van der Waals surface area (Å²) < 4.78 is 5.41. The Balaban J connectivity index is 1.77. The van der Waals surface area contributed by atoms with Crippen LogP contribution in [0.3, 0.4) is 0 Å². The number of anilines is 1. The number of hydrogen-bond acceptors (Lipinski definition) is 6. The molecule has 3 atom stereocenters. The van der Waals surface area contributed by atoms with Gasteiger partial charge in [-0.1, -0.05) is 62.4 Å². The van der Waals surface area contributed by atoms with Crippen molar-refractivity contribution in [2.75, 3.05) is 5.32 Å². The minimum absolute atomic E-state index is 0.0312. The van der Waals surface area contributed by atoms with Crippen LogP contribution in [0.1, 0.15) is 54.7 Å². The molecule has 0 aliphatic heterocycles. The molecule has 0 aliphatic rings. The second kappa shape index (κ2) is 13.2. The van der Waals surface area contributed by atoms with Gasteiger partial charge >= 0.3 is 6.09 Å². The first-order valence-electron chi connectivity index (χ1n) is 12.1. The number of oxazole rings is 1. The van der Waals surface area contributed by atoms with E-state index in [2.05, 4.69) is 20.9 Å². The van der Waals surface area contributed by atoms with Crippen molar-refractivity contribution in [3.05, 3.63) is 84.1 Å². The van der Waals surface area contributed by atoms with Crippen molar-refractivity contribution < 1.29 is 29.0 Å². The largest absolute Gasteiger partial charge is 0.465 e. The number of aliphatic hydroxyl groups excluding tert-OH is 1. The van der Waals surface area contributed by atoms with Gasteiger partial charge in [0, 0.05) is 5.69 Å². The summed E-state index contributed by atoms with van der Waals surface area (Å²) in [5, 5.41) is 28.0. The molecule has 2 aromatic carbocycles. The van der Waals surface area contributed by atoms with Gasteiger partial charge in [-0.25, -0.2) is 9.78 Å². The summed E-state index contributed by atoms with van der Waals surface area (Å²) in [7, 11) is 0. The molecule has 1 heterocycles. The molecule has 0 spiro atoms. The van der Waals surface area contributed by atoms with Crippen molar-refractivity contribution in [2.24, 2.45) is 5.92 Å². The Kier molecular flexibility index (Phi) is 9.79. The Morgan fingerprint density at radius 2 is 1.62 bits per heavy atom. The third-order valence-electron chi connectivity index (χ3n) is 5.66. The quantitative estimate of drug-likeness (QED) is 0.250. The van der Waals surface area contributed by atoms with E-state index in [1.54, 1.807) is 24.3 Å². The van der Waals surface area contributed by atoms with Gasteiger partial charge in [-0.05, 0) is 42.9 Å². The molecule has 0 bridgehead atoms. The minimum atomic E-state index is -1.38. The molecule has 10 heteroatoms. The van der Waals surface area contributed by atoms with E-state index >= 15 is 0 Å². The van der Waals surface area contributed by atoms with Gasteiger partial charge in [0.05, 0.1) is 6.04 Å². The van der Waals surface area contributed by atoms with E-state index in [9.17, 15) is 24.6 Å². The van der Waals surface area contributed by atoms with Crippen LogP contribution >= 0.6 is 0 Å². The zero-order valence-corrected chi connectivity index (χ0v) is 20.8. The molecule has 1 aromatic heterocycles. The smallest absolute Gasteiger partial charge is 0.405 e. The number of rotatable bonds is 12. The predicted molar refractivity (Wildman–Crippen MR) is 137 cm³/mol. The number of amides is 3. The fourth-order valence-corrected chi connectivity index (χ4v) is 3.83. The first-order valence-corrected chi connectivity index (χ1v) is 12.1. The number of carbonyl (C=O) groups excluding carboxylic acids is 2. The molecule has 0 aliphatic carbocycles. The van der Waals surface area contributed by atoms with Gasteiger partial charge in [-0.3, -0.25) is 9.59 Å². The number of aromatic nitrogens is 1. The van der Waals surface area contributed by atoms with Crippen molar-refractivity contribution in [3.8, 4) is 0 Å². The third-order valence-corrected chi connectivity index (χ3v) is 5.66. The number of benzene rings is 2. The fourth-order valence-electron chi connectivity index (χ4n) is 3.83. The predicted octanol–water partition coefficient (Wildman–Crippen LogP) is 3.76. The van der Waals surface area contributed by atoms with E-state index in [-0.39, 0.29) is 23.9 Å². The van der Waals surface area contributed by atoms with Crippen molar-refractivity contribution in [1.82, 2.24) is 15.6 Å². The molecule has 196 valence electrons. The summed E-state index contributed by atoms with van der Waals surface area (Å²) >= 11 is 0. The van der Waals surface area contributed by atoms with E-state index in [1.807, 2.05) is 50.2 Å². The molecule has 3 amide bonds. The number of nitrogens with one attached hydrogen (secondary N) is 3. The molecule has 10 nitrogen and oxygen atoms in total. The number of carbonyl (C=O) groups is 3. The lowest BCUT2D eigenvalue weighted by Gasteiger charge is -2.26. The highest BCUT2D eigenvalue weighted by atomic mass is 16.4. The SMILES string of the molecule is CC(C)CC(NC(=O)O)C(=O)NC(CCc1ccccc1)C(O)c1nc(C(=O)Nc2ccccc2)co1. The maximum absolute atomic E-state index is 13.0. The highest BCUT2D eigenvalue weighted by Gasteiger charge is 2.31. The lowest BCUT2D eigenvalue weighted by Crippen LogP contribution is -2.51. The Morgan fingerprint density at radius 1 is 0.973 bits per heavy atom. The Hall–Kier alpha value is -4.18. The summed E-state index contributed by atoms with van der Waals surface area (Å²) in [5.74, 6) is -1.17. The second-order valence-corrected chi connectivity index (χ2v) is 9.11. The van der Waals surface area contributed by atoms with Crippen LogP contribution in [0.2, 0.25) is 0 Å². The van der Waals surface area contributed by atoms with E-state index in [0.717, 1.165) is 11.8 Å². The summed E-state index contributed by atoms with van der Waals surface area (Å²) in [5.41, 5.74) is 1.54. The Bertz CT molecular complexity index is 1170. The zero-order valence-electron chi connectivity index (χ0n) is 20.8. The van der Waals surface area contributed by atoms with Crippen molar-refractivity contribution >= 4 is 23.6 Å². The van der Waals surface area contributed by atoms with Crippen LogP contribution in [-0.4, -0.2) is 45.2 Å². The molecule has 0 fully saturated rings. The van der Waals surface area contributed by atoms with Crippen LogP contribution < -0.4 is 16.0 Å². The van der Waals surface area contributed by atoms with Crippen LogP contribution in [0.15, 0.2) is 71.3 Å². The van der Waals surface area contributed by atoms with Crippen molar-refractivity contribution in [3.63, 3.8) is 0 Å². The van der Waals surface area contributed by atoms with E-state index in [4.69, 9.17) is 4.42 Å². The summed E-state index contributed by atoms with van der Waals surface area (Å²) in [6.45, 7) is 3.75. The Labute approximate surface area is 215 Å². The van der Waals surface area contributed by atoms with Crippen LogP contribution in [-0.2, 0) is 11.2 Å².